The van der Waals surface area contributed by atoms with Crippen molar-refractivity contribution < 1.29 is 19.4 Å². The zero-order valence-electron chi connectivity index (χ0n) is 16.9. The van der Waals surface area contributed by atoms with Gasteiger partial charge in [0.25, 0.3) is 11.7 Å². The van der Waals surface area contributed by atoms with Crippen molar-refractivity contribution in [1.29, 1.82) is 0 Å². The van der Waals surface area contributed by atoms with Crippen LogP contribution < -0.4 is 0 Å². The Morgan fingerprint density at radius 2 is 1.93 bits per heavy atom. The van der Waals surface area contributed by atoms with E-state index in [1.165, 1.54) is 17.3 Å². The highest BCUT2D eigenvalue weighted by Gasteiger charge is 2.47. The molecule has 154 valence electrons. The number of H-pyrrole nitrogens is 1. The van der Waals surface area contributed by atoms with E-state index in [0.29, 0.717) is 25.1 Å². The van der Waals surface area contributed by atoms with Crippen molar-refractivity contribution in [2.45, 2.75) is 19.4 Å². The summed E-state index contributed by atoms with van der Waals surface area (Å²) < 4.78 is 5.13. The highest BCUT2D eigenvalue weighted by atomic mass is 16.5. The van der Waals surface area contributed by atoms with E-state index >= 15 is 0 Å². The van der Waals surface area contributed by atoms with Crippen LogP contribution in [-0.2, 0) is 14.3 Å². The Hall–Kier alpha value is -3.45. The second-order valence-electron chi connectivity index (χ2n) is 7.28. The minimum Gasteiger partial charge on any atom is -0.507 e. The molecule has 1 amide bonds. The van der Waals surface area contributed by atoms with Gasteiger partial charge in [0.1, 0.15) is 5.76 Å². The number of ether oxygens (including phenoxy) is 1. The highest BCUT2D eigenvalue weighted by Crippen LogP contribution is 2.43. The number of aliphatic hydroxyl groups is 1. The number of carbonyl (C=O) groups excluding carboxylic acids is 2. The summed E-state index contributed by atoms with van der Waals surface area (Å²) in [5, 5.41) is 12.0. The van der Waals surface area contributed by atoms with E-state index in [-0.39, 0.29) is 11.3 Å². The molecular formula is C23H23N3O4. The molecule has 7 nitrogen and oxygen atoms in total. The fourth-order valence-corrected chi connectivity index (χ4v) is 4.11. The molecule has 1 fully saturated rings. The number of methoxy groups -OCH3 is 1. The number of Topliss-reactive ketones (excluding diaryl/α,β-unsaturated/α-hetero) is 1. The first-order chi connectivity index (χ1) is 14.5. The van der Waals surface area contributed by atoms with Crippen LogP contribution in [0.25, 0.3) is 16.7 Å². The maximum Gasteiger partial charge on any atom is 0.295 e. The molecule has 0 radical (unpaired) electrons. The Labute approximate surface area is 174 Å². The van der Waals surface area contributed by atoms with Crippen LogP contribution in [0.2, 0.25) is 0 Å². The molecule has 1 unspecified atom stereocenters. The maximum atomic E-state index is 13.1. The predicted molar refractivity (Wildman–Crippen MR) is 113 cm³/mol. The van der Waals surface area contributed by atoms with Gasteiger partial charge in [-0.15, -0.1) is 0 Å². The molecule has 0 aliphatic carbocycles. The maximum absolute atomic E-state index is 13.1. The Kier molecular flexibility index (Phi) is 5.37. The zero-order chi connectivity index (χ0) is 21.3. The lowest BCUT2D eigenvalue weighted by atomic mass is 9.93. The first-order valence-corrected chi connectivity index (χ1v) is 9.79. The van der Waals surface area contributed by atoms with Crippen LogP contribution in [0.3, 0.4) is 0 Å². The van der Waals surface area contributed by atoms with Crippen LogP contribution >= 0.6 is 0 Å². The van der Waals surface area contributed by atoms with Gasteiger partial charge < -0.3 is 19.7 Å². The minimum absolute atomic E-state index is 0.0940. The van der Waals surface area contributed by atoms with Crippen LogP contribution in [-0.4, -0.2) is 51.9 Å². The smallest absolute Gasteiger partial charge is 0.295 e. The molecular weight excluding hydrogens is 382 g/mol. The van der Waals surface area contributed by atoms with Crippen LogP contribution in [0.5, 0.6) is 0 Å². The first kappa shape index (κ1) is 19.8. The number of benzene rings is 1. The number of hydrogen-bond acceptors (Lipinski definition) is 5. The van der Waals surface area contributed by atoms with Crippen molar-refractivity contribution in [1.82, 2.24) is 14.9 Å². The fourth-order valence-electron chi connectivity index (χ4n) is 4.11. The third kappa shape index (κ3) is 3.27. The Balaban J connectivity index is 1.93. The van der Waals surface area contributed by atoms with E-state index in [1.807, 2.05) is 31.2 Å². The molecule has 0 bridgehead atoms. The molecule has 7 heteroatoms. The van der Waals surface area contributed by atoms with Crippen LogP contribution in [0.1, 0.15) is 29.3 Å². The third-order valence-corrected chi connectivity index (χ3v) is 5.46. The number of aryl methyl sites for hydroxylation is 1. The highest BCUT2D eigenvalue weighted by molar-refractivity contribution is 6.46. The van der Waals surface area contributed by atoms with E-state index in [4.69, 9.17) is 4.74 Å². The second-order valence-corrected chi connectivity index (χ2v) is 7.28. The molecule has 2 aromatic heterocycles. The summed E-state index contributed by atoms with van der Waals surface area (Å²) in [6.07, 6.45) is 3.65. The number of aliphatic hydroxyl groups excluding tert-OH is 1. The van der Waals surface area contributed by atoms with E-state index < -0.39 is 17.7 Å². The number of carbonyl (C=O) groups is 2. The number of fused-ring (bicyclic) bond motifs is 1. The summed E-state index contributed by atoms with van der Waals surface area (Å²) in [6, 6.07) is 10.3. The molecule has 1 atom stereocenters. The van der Waals surface area contributed by atoms with Crippen LogP contribution in [0.15, 0.2) is 54.4 Å². The quantitative estimate of drug-likeness (QED) is 0.284. The number of rotatable bonds is 6. The molecule has 3 heterocycles. The van der Waals surface area contributed by atoms with Crippen molar-refractivity contribution in [3.63, 3.8) is 0 Å². The van der Waals surface area contributed by atoms with Crippen molar-refractivity contribution in [2.24, 2.45) is 0 Å². The molecule has 1 aliphatic heterocycles. The average Bonchev–Trinajstić information content (AvgIpc) is 3.21. The SMILES string of the molecule is COCCCN1C(=O)C(=O)/C(=C(/O)c2ccncc2)C1c1c(C)[nH]c2ccccc12. The summed E-state index contributed by atoms with van der Waals surface area (Å²) in [5.41, 5.74) is 3.12. The van der Waals surface area contributed by atoms with E-state index in [1.54, 1.807) is 19.2 Å². The van der Waals surface area contributed by atoms with E-state index in [2.05, 4.69) is 9.97 Å². The first-order valence-electron chi connectivity index (χ1n) is 9.79. The Morgan fingerprint density at radius 3 is 2.67 bits per heavy atom. The second kappa shape index (κ2) is 8.12. The molecule has 1 aliphatic rings. The summed E-state index contributed by atoms with van der Waals surface area (Å²) in [5.74, 6) is -1.49. The van der Waals surface area contributed by atoms with Gasteiger partial charge in [-0.1, -0.05) is 18.2 Å². The van der Waals surface area contributed by atoms with Crippen molar-refractivity contribution >= 4 is 28.4 Å². The third-order valence-electron chi connectivity index (χ3n) is 5.46. The summed E-state index contributed by atoms with van der Waals surface area (Å²) in [6.45, 7) is 2.72. The number of amides is 1. The summed E-state index contributed by atoms with van der Waals surface area (Å²) in [7, 11) is 1.60. The number of pyridine rings is 1. The van der Waals surface area contributed by atoms with Gasteiger partial charge in [-0.05, 0) is 31.5 Å². The molecule has 4 rings (SSSR count). The Bertz CT molecular complexity index is 1130. The zero-order valence-corrected chi connectivity index (χ0v) is 16.9. The van der Waals surface area contributed by atoms with Gasteiger partial charge in [-0.2, -0.15) is 0 Å². The van der Waals surface area contributed by atoms with Gasteiger partial charge in [0, 0.05) is 60.4 Å². The minimum atomic E-state index is -0.689. The standard InChI is InChI=1S/C23H23N3O4/c1-14-18(16-6-3-4-7-17(16)25-14)20-19(21(27)15-8-10-24-11-9-15)22(28)23(29)26(20)12-5-13-30-2/h3-4,6-11,20,25,27H,5,12-13H2,1-2H3/b21-19+. The monoisotopic (exact) mass is 405 g/mol. The number of aromatic nitrogens is 2. The molecule has 30 heavy (non-hydrogen) atoms. The lowest BCUT2D eigenvalue weighted by molar-refractivity contribution is -0.140. The van der Waals surface area contributed by atoms with Crippen molar-refractivity contribution in [3.05, 3.63) is 71.2 Å². The number of nitrogens with one attached hydrogen (secondary N) is 1. The number of hydrogen-bond donors (Lipinski definition) is 2. The fraction of sp³-hybridized carbons (Fsp3) is 0.261. The molecule has 2 N–H and O–H groups in total. The molecule has 1 aromatic carbocycles. The molecule has 0 saturated carbocycles. The number of ketones is 1. The topological polar surface area (TPSA) is 95.5 Å². The van der Waals surface area contributed by atoms with Crippen molar-refractivity contribution in [3.8, 4) is 0 Å². The van der Waals surface area contributed by atoms with Gasteiger partial charge in [0.05, 0.1) is 11.6 Å². The average molecular weight is 405 g/mol. The van der Waals surface area contributed by atoms with Gasteiger partial charge >= 0.3 is 0 Å². The van der Waals surface area contributed by atoms with Crippen LogP contribution in [0, 0.1) is 6.92 Å². The molecule has 0 spiro atoms. The normalized spacial score (nSPS) is 18.5. The molecule has 1 saturated heterocycles. The largest absolute Gasteiger partial charge is 0.507 e. The summed E-state index contributed by atoms with van der Waals surface area (Å²) in [4.78, 5) is 34.8. The van der Waals surface area contributed by atoms with Gasteiger partial charge in [-0.3, -0.25) is 14.6 Å². The van der Waals surface area contributed by atoms with Crippen LogP contribution in [0.4, 0.5) is 0 Å². The van der Waals surface area contributed by atoms with Gasteiger partial charge in [-0.25, -0.2) is 0 Å². The lowest BCUT2D eigenvalue weighted by Crippen LogP contribution is -2.31. The van der Waals surface area contributed by atoms with E-state index in [9.17, 15) is 14.7 Å². The van der Waals surface area contributed by atoms with E-state index in [0.717, 1.165) is 22.2 Å². The lowest BCUT2D eigenvalue weighted by Gasteiger charge is -2.25. The number of nitrogens with zero attached hydrogens (tertiary/aromatic N) is 2. The Morgan fingerprint density at radius 1 is 1.20 bits per heavy atom. The van der Waals surface area contributed by atoms with Crippen molar-refractivity contribution in [2.75, 3.05) is 20.3 Å². The number of aromatic amines is 1. The predicted octanol–water partition coefficient (Wildman–Crippen LogP) is 3.33. The molecule has 3 aromatic rings. The summed E-state index contributed by atoms with van der Waals surface area (Å²) >= 11 is 0. The van der Waals surface area contributed by atoms with Gasteiger partial charge in [0.15, 0.2) is 0 Å². The number of para-hydroxylation sites is 1. The van der Waals surface area contributed by atoms with Gasteiger partial charge in [0.2, 0.25) is 0 Å². The number of likely N-dealkylation sites (tertiary alicyclic amines) is 1.